The molecule has 0 aromatic heterocycles. The molecule has 2 nitrogen and oxygen atoms in total. The fourth-order valence-corrected chi connectivity index (χ4v) is 3.87. The van der Waals surface area contributed by atoms with E-state index in [2.05, 4.69) is 52.5 Å². The average Bonchev–Trinajstić information content (AvgIpc) is 2.53. The third kappa shape index (κ3) is 5.39. The summed E-state index contributed by atoms with van der Waals surface area (Å²) in [5, 5.41) is 0. The van der Waals surface area contributed by atoms with Crippen molar-refractivity contribution in [1.82, 2.24) is 5.43 Å². The van der Waals surface area contributed by atoms with Crippen molar-refractivity contribution in [2.45, 2.75) is 64.3 Å². The lowest BCUT2D eigenvalue weighted by molar-refractivity contribution is 0.211. The number of hydrogen-bond acceptors (Lipinski definition) is 2. The third-order valence-corrected chi connectivity index (χ3v) is 5.54. The zero-order valence-electron chi connectivity index (χ0n) is 13.2. The molecular weight excluding hydrogens is 324 g/mol. The molecule has 2 rings (SSSR count). The summed E-state index contributed by atoms with van der Waals surface area (Å²) in [4.78, 5) is 0. The lowest BCUT2D eigenvalue weighted by Crippen LogP contribution is -2.43. The van der Waals surface area contributed by atoms with Crippen molar-refractivity contribution in [2.75, 3.05) is 0 Å². The summed E-state index contributed by atoms with van der Waals surface area (Å²) in [6.07, 6.45) is 10.6. The second-order valence-corrected chi connectivity index (χ2v) is 7.44. The summed E-state index contributed by atoms with van der Waals surface area (Å²) in [5.74, 6) is 7.53. The van der Waals surface area contributed by atoms with Gasteiger partial charge in [0.25, 0.3) is 0 Å². The van der Waals surface area contributed by atoms with Gasteiger partial charge in [-0.1, -0.05) is 67.1 Å². The molecule has 1 atom stereocenters. The van der Waals surface area contributed by atoms with Crippen LogP contribution in [0, 0.1) is 11.8 Å². The molecule has 0 heterocycles. The van der Waals surface area contributed by atoms with Gasteiger partial charge in [-0.25, -0.2) is 0 Å². The summed E-state index contributed by atoms with van der Waals surface area (Å²) in [5.41, 5.74) is 4.45. The Balaban J connectivity index is 1.83. The maximum atomic E-state index is 5.84. The second-order valence-electron chi connectivity index (χ2n) is 6.53. The number of hydrazine groups is 1. The summed E-state index contributed by atoms with van der Waals surface area (Å²) >= 11 is 3.49. The summed E-state index contributed by atoms with van der Waals surface area (Å²) < 4.78 is 1.14. The van der Waals surface area contributed by atoms with Crippen LogP contribution in [0.1, 0.15) is 57.4 Å². The molecule has 0 amide bonds. The molecule has 118 valence electrons. The molecule has 0 aliphatic heterocycles. The highest BCUT2D eigenvalue weighted by molar-refractivity contribution is 9.10. The van der Waals surface area contributed by atoms with E-state index in [0.29, 0.717) is 6.04 Å². The molecule has 0 saturated heterocycles. The molecule has 3 N–H and O–H groups in total. The summed E-state index contributed by atoms with van der Waals surface area (Å²) in [7, 11) is 0. The Hall–Kier alpha value is -0.380. The number of nitrogens with one attached hydrogen (secondary N) is 1. The minimum absolute atomic E-state index is 0.415. The van der Waals surface area contributed by atoms with Crippen LogP contribution in [0.5, 0.6) is 0 Å². The van der Waals surface area contributed by atoms with Crippen molar-refractivity contribution in [3.8, 4) is 0 Å². The van der Waals surface area contributed by atoms with Crippen LogP contribution in [0.25, 0.3) is 0 Å². The van der Waals surface area contributed by atoms with Crippen LogP contribution < -0.4 is 11.3 Å². The van der Waals surface area contributed by atoms with Crippen LogP contribution in [-0.4, -0.2) is 6.04 Å². The Labute approximate surface area is 138 Å². The van der Waals surface area contributed by atoms with Crippen LogP contribution >= 0.6 is 15.9 Å². The fourth-order valence-electron chi connectivity index (χ4n) is 3.61. The number of benzene rings is 1. The Bertz CT molecular complexity index is 396. The average molecular weight is 353 g/mol. The quantitative estimate of drug-likeness (QED) is 0.545. The zero-order chi connectivity index (χ0) is 15.1. The van der Waals surface area contributed by atoms with Crippen LogP contribution in [-0.2, 0) is 6.42 Å². The number of halogens is 1. The van der Waals surface area contributed by atoms with E-state index in [1.807, 2.05) is 0 Å². The van der Waals surface area contributed by atoms with Crippen molar-refractivity contribution in [3.05, 3.63) is 34.3 Å². The molecule has 1 aromatic carbocycles. The minimum Gasteiger partial charge on any atom is -0.271 e. The van der Waals surface area contributed by atoms with Crippen molar-refractivity contribution in [1.29, 1.82) is 0 Å². The van der Waals surface area contributed by atoms with Gasteiger partial charge in [0.05, 0.1) is 0 Å². The SMILES string of the molecule is CCCCC1CCC(C(Cc2ccc(Br)cc2)NN)CC1. The van der Waals surface area contributed by atoms with E-state index in [0.717, 1.165) is 22.7 Å². The van der Waals surface area contributed by atoms with Crippen molar-refractivity contribution >= 4 is 15.9 Å². The first-order valence-corrected chi connectivity index (χ1v) is 9.22. The molecule has 3 heteroatoms. The second kappa shape index (κ2) is 8.92. The normalized spacial score (nSPS) is 24.0. The van der Waals surface area contributed by atoms with Gasteiger partial charge in [-0.05, 0) is 48.8 Å². The summed E-state index contributed by atoms with van der Waals surface area (Å²) in [6, 6.07) is 9.04. The maximum absolute atomic E-state index is 5.84. The molecule has 0 bridgehead atoms. The van der Waals surface area contributed by atoms with E-state index in [-0.39, 0.29) is 0 Å². The lowest BCUT2D eigenvalue weighted by atomic mass is 9.76. The third-order valence-electron chi connectivity index (χ3n) is 5.01. The van der Waals surface area contributed by atoms with Gasteiger partial charge in [-0.3, -0.25) is 11.3 Å². The van der Waals surface area contributed by atoms with Gasteiger partial charge in [-0.15, -0.1) is 0 Å². The predicted octanol–water partition coefficient (Wildman–Crippen LogP) is 4.82. The Morgan fingerprint density at radius 2 is 1.86 bits per heavy atom. The summed E-state index contributed by atoms with van der Waals surface area (Å²) in [6.45, 7) is 2.29. The van der Waals surface area contributed by atoms with Gasteiger partial charge in [0.15, 0.2) is 0 Å². The van der Waals surface area contributed by atoms with E-state index in [1.54, 1.807) is 0 Å². The van der Waals surface area contributed by atoms with E-state index in [9.17, 15) is 0 Å². The molecule has 1 fully saturated rings. The fraction of sp³-hybridized carbons (Fsp3) is 0.667. The monoisotopic (exact) mass is 352 g/mol. The van der Waals surface area contributed by atoms with Gasteiger partial charge >= 0.3 is 0 Å². The van der Waals surface area contributed by atoms with Crippen LogP contribution in [0.2, 0.25) is 0 Å². The first-order valence-electron chi connectivity index (χ1n) is 8.43. The van der Waals surface area contributed by atoms with E-state index in [4.69, 9.17) is 5.84 Å². The molecule has 1 aromatic rings. The highest BCUT2D eigenvalue weighted by atomic mass is 79.9. The number of unbranched alkanes of at least 4 members (excludes halogenated alkanes) is 1. The molecule has 1 unspecified atom stereocenters. The molecule has 0 spiro atoms. The molecule has 1 aliphatic carbocycles. The van der Waals surface area contributed by atoms with Gasteiger partial charge < -0.3 is 0 Å². The van der Waals surface area contributed by atoms with Gasteiger partial charge in [0.2, 0.25) is 0 Å². The number of rotatable bonds is 7. The highest BCUT2D eigenvalue weighted by Crippen LogP contribution is 2.34. The van der Waals surface area contributed by atoms with Crippen molar-refractivity contribution < 1.29 is 0 Å². The number of nitrogens with two attached hydrogens (primary N) is 1. The lowest BCUT2D eigenvalue weighted by Gasteiger charge is -2.33. The topological polar surface area (TPSA) is 38.0 Å². The Kier molecular flexibility index (Phi) is 7.21. The van der Waals surface area contributed by atoms with Crippen LogP contribution in [0.15, 0.2) is 28.7 Å². The van der Waals surface area contributed by atoms with E-state index in [1.165, 1.54) is 50.5 Å². The predicted molar refractivity (Wildman–Crippen MR) is 93.9 cm³/mol. The molecular formula is C18H29BrN2. The first kappa shape index (κ1) is 17.0. The number of hydrogen-bond donors (Lipinski definition) is 2. The van der Waals surface area contributed by atoms with Crippen molar-refractivity contribution in [2.24, 2.45) is 17.7 Å². The first-order chi connectivity index (χ1) is 10.2. The maximum Gasteiger partial charge on any atom is 0.0279 e. The van der Waals surface area contributed by atoms with Crippen molar-refractivity contribution in [3.63, 3.8) is 0 Å². The van der Waals surface area contributed by atoms with Crippen LogP contribution in [0.4, 0.5) is 0 Å². The van der Waals surface area contributed by atoms with Crippen LogP contribution in [0.3, 0.4) is 0 Å². The van der Waals surface area contributed by atoms with Gasteiger partial charge in [0.1, 0.15) is 0 Å². The van der Waals surface area contributed by atoms with Gasteiger partial charge in [-0.2, -0.15) is 0 Å². The van der Waals surface area contributed by atoms with Gasteiger partial charge in [0, 0.05) is 10.5 Å². The van der Waals surface area contributed by atoms with E-state index < -0.39 is 0 Å². The molecule has 1 saturated carbocycles. The standard InChI is InChI=1S/C18H29BrN2/c1-2-3-4-14-5-9-16(10-6-14)18(21-20)13-15-7-11-17(19)12-8-15/h7-8,11-12,14,16,18,21H,2-6,9-10,13,20H2,1H3. The highest BCUT2D eigenvalue weighted by Gasteiger charge is 2.26. The Morgan fingerprint density at radius 3 is 2.43 bits per heavy atom. The largest absolute Gasteiger partial charge is 0.271 e. The smallest absolute Gasteiger partial charge is 0.0279 e. The molecule has 0 radical (unpaired) electrons. The van der Waals surface area contributed by atoms with E-state index >= 15 is 0 Å². The molecule has 21 heavy (non-hydrogen) atoms. The minimum atomic E-state index is 0.415. The zero-order valence-corrected chi connectivity index (χ0v) is 14.7. The molecule has 1 aliphatic rings. The Morgan fingerprint density at radius 1 is 1.19 bits per heavy atom.